The number of rotatable bonds is 8. The third-order valence-electron chi connectivity index (χ3n) is 3.58. The van der Waals surface area contributed by atoms with Crippen LogP contribution in [0.4, 0.5) is 11.6 Å². The molecule has 1 amide bonds. The molecule has 138 valence electrons. The summed E-state index contributed by atoms with van der Waals surface area (Å²) < 4.78 is 10.8. The molecule has 2 aromatic carbocycles. The minimum Gasteiger partial charge on any atom is -0.455 e. The highest BCUT2D eigenvalue weighted by atomic mass is 16.5. The van der Waals surface area contributed by atoms with Crippen LogP contribution in [-0.4, -0.2) is 36.1 Å². The quantitative estimate of drug-likeness (QED) is 0.596. The van der Waals surface area contributed by atoms with Crippen molar-refractivity contribution in [2.75, 3.05) is 25.6 Å². The molecule has 1 aromatic heterocycles. The highest BCUT2D eigenvalue weighted by Crippen LogP contribution is 2.30. The Labute approximate surface area is 157 Å². The summed E-state index contributed by atoms with van der Waals surface area (Å²) in [6.45, 7) is 0.849. The van der Waals surface area contributed by atoms with Crippen molar-refractivity contribution < 1.29 is 14.3 Å². The van der Waals surface area contributed by atoms with Gasteiger partial charge >= 0.3 is 0 Å². The van der Waals surface area contributed by atoms with Gasteiger partial charge in [-0.2, -0.15) is 0 Å². The molecule has 0 atom stereocenters. The lowest BCUT2D eigenvalue weighted by atomic mass is 10.3. The fourth-order valence-corrected chi connectivity index (χ4v) is 2.30. The van der Waals surface area contributed by atoms with Crippen molar-refractivity contribution in [3.05, 3.63) is 72.6 Å². The average Bonchev–Trinajstić information content (AvgIpc) is 2.71. The summed E-state index contributed by atoms with van der Waals surface area (Å²) in [4.78, 5) is 20.6. The Bertz CT molecular complexity index is 887. The van der Waals surface area contributed by atoms with Gasteiger partial charge in [-0.25, -0.2) is 9.97 Å². The number of methoxy groups -OCH3 is 1. The van der Waals surface area contributed by atoms with E-state index < -0.39 is 0 Å². The molecule has 2 N–H and O–H groups in total. The van der Waals surface area contributed by atoms with Crippen LogP contribution in [0.1, 0.15) is 10.5 Å². The van der Waals surface area contributed by atoms with Crippen LogP contribution >= 0.6 is 0 Å². The number of carbonyl (C=O) groups excluding carboxylic acids is 1. The molecule has 7 nitrogen and oxygen atoms in total. The number of anilines is 2. The van der Waals surface area contributed by atoms with Crippen LogP contribution in [0, 0.1) is 0 Å². The molecule has 7 heteroatoms. The van der Waals surface area contributed by atoms with Gasteiger partial charge in [0.25, 0.3) is 5.91 Å². The second-order valence-corrected chi connectivity index (χ2v) is 5.55. The van der Waals surface area contributed by atoms with E-state index in [4.69, 9.17) is 9.47 Å². The molecule has 3 aromatic rings. The van der Waals surface area contributed by atoms with Crippen LogP contribution in [0.25, 0.3) is 0 Å². The average molecular weight is 364 g/mol. The lowest BCUT2D eigenvalue weighted by Gasteiger charge is -2.12. The monoisotopic (exact) mass is 364 g/mol. The molecule has 3 rings (SSSR count). The second-order valence-electron chi connectivity index (χ2n) is 5.55. The van der Waals surface area contributed by atoms with Crippen molar-refractivity contribution in [1.29, 1.82) is 0 Å². The number of benzene rings is 2. The molecule has 27 heavy (non-hydrogen) atoms. The Morgan fingerprint density at radius 1 is 1.04 bits per heavy atom. The number of hydrogen-bond donors (Lipinski definition) is 2. The highest BCUT2D eigenvalue weighted by molar-refractivity contribution is 5.92. The maximum atomic E-state index is 12.1. The Morgan fingerprint density at radius 2 is 1.81 bits per heavy atom. The molecule has 1 heterocycles. The van der Waals surface area contributed by atoms with Crippen molar-refractivity contribution in [1.82, 2.24) is 15.3 Å². The van der Waals surface area contributed by atoms with Gasteiger partial charge < -0.3 is 20.1 Å². The maximum absolute atomic E-state index is 12.1. The van der Waals surface area contributed by atoms with Crippen LogP contribution in [-0.2, 0) is 4.74 Å². The summed E-state index contributed by atoms with van der Waals surface area (Å²) >= 11 is 0. The molecule has 0 unspecified atom stereocenters. The van der Waals surface area contributed by atoms with Gasteiger partial charge in [0.2, 0.25) is 5.95 Å². The highest BCUT2D eigenvalue weighted by Gasteiger charge is 2.10. The normalized spacial score (nSPS) is 10.3. The van der Waals surface area contributed by atoms with Crippen molar-refractivity contribution in [2.24, 2.45) is 0 Å². The number of para-hydroxylation sites is 3. The summed E-state index contributed by atoms with van der Waals surface area (Å²) in [5.74, 6) is 1.37. The molecule has 0 fully saturated rings. The van der Waals surface area contributed by atoms with Gasteiger partial charge in [-0.1, -0.05) is 30.3 Å². The number of ether oxygens (including phenoxy) is 2. The van der Waals surface area contributed by atoms with Crippen LogP contribution in [0.15, 0.2) is 66.9 Å². The standard InChI is InChI=1S/C20H20N4O3/c1-26-14-13-21-19(25)17-11-12-22-20(24-17)23-16-9-5-6-10-18(16)27-15-7-3-2-4-8-15/h2-12H,13-14H2,1H3,(H,21,25)(H,22,23,24). The molecule has 0 aliphatic heterocycles. The Kier molecular flexibility index (Phi) is 6.32. The number of amides is 1. The van der Waals surface area contributed by atoms with Crippen LogP contribution in [0.3, 0.4) is 0 Å². The smallest absolute Gasteiger partial charge is 0.270 e. The number of hydrogen-bond acceptors (Lipinski definition) is 6. The summed E-state index contributed by atoms with van der Waals surface area (Å²) in [6, 6.07) is 18.5. The van der Waals surface area contributed by atoms with Gasteiger partial charge in [0, 0.05) is 19.9 Å². The first-order valence-corrected chi connectivity index (χ1v) is 8.45. The van der Waals surface area contributed by atoms with E-state index >= 15 is 0 Å². The predicted octanol–water partition coefficient (Wildman–Crippen LogP) is 3.39. The van der Waals surface area contributed by atoms with E-state index in [-0.39, 0.29) is 11.6 Å². The summed E-state index contributed by atoms with van der Waals surface area (Å²) in [5, 5.41) is 5.83. The molecule has 0 aliphatic rings. The SMILES string of the molecule is COCCNC(=O)c1ccnc(Nc2ccccc2Oc2ccccc2)n1. The number of nitrogens with zero attached hydrogens (tertiary/aromatic N) is 2. The molecule has 0 spiro atoms. The second kappa shape index (κ2) is 9.30. The Balaban J connectivity index is 1.74. The fourth-order valence-electron chi connectivity index (χ4n) is 2.30. The Hall–Kier alpha value is -3.45. The molecular weight excluding hydrogens is 344 g/mol. The lowest BCUT2D eigenvalue weighted by Crippen LogP contribution is -2.27. The van der Waals surface area contributed by atoms with Crippen molar-refractivity contribution in [2.45, 2.75) is 0 Å². The van der Waals surface area contributed by atoms with Gasteiger partial charge in [0.05, 0.1) is 12.3 Å². The van der Waals surface area contributed by atoms with E-state index in [2.05, 4.69) is 20.6 Å². The first-order valence-electron chi connectivity index (χ1n) is 8.45. The van der Waals surface area contributed by atoms with Crippen molar-refractivity contribution in [3.63, 3.8) is 0 Å². The number of aromatic nitrogens is 2. The zero-order chi connectivity index (χ0) is 18.9. The first kappa shape index (κ1) is 18.3. The van der Waals surface area contributed by atoms with Crippen molar-refractivity contribution >= 4 is 17.5 Å². The van der Waals surface area contributed by atoms with Crippen molar-refractivity contribution in [3.8, 4) is 11.5 Å². The molecule has 0 radical (unpaired) electrons. The zero-order valence-corrected chi connectivity index (χ0v) is 14.9. The third kappa shape index (κ3) is 5.26. The fraction of sp³-hybridized carbons (Fsp3) is 0.150. The Morgan fingerprint density at radius 3 is 2.63 bits per heavy atom. The van der Waals surface area contributed by atoms with Gasteiger partial charge in [-0.15, -0.1) is 0 Å². The van der Waals surface area contributed by atoms with Gasteiger partial charge in [-0.05, 0) is 30.3 Å². The van der Waals surface area contributed by atoms with Gasteiger partial charge in [0.1, 0.15) is 11.4 Å². The van der Waals surface area contributed by atoms with Crippen LogP contribution in [0.5, 0.6) is 11.5 Å². The minimum absolute atomic E-state index is 0.269. The summed E-state index contributed by atoms with van der Waals surface area (Å²) in [7, 11) is 1.58. The molecular formula is C20H20N4O3. The zero-order valence-electron chi connectivity index (χ0n) is 14.9. The minimum atomic E-state index is -0.286. The molecule has 0 saturated carbocycles. The molecule has 0 bridgehead atoms. The largest absolute Gasteiger partial charge is 0.455 e. The molecule has 0 aliphatic carbocycles. The maximum Gasteiger partial charge on any atom is 0.270 e. The topological polar surface area (TPSA) is 85.4 Å². The first-order chi connectivity index (χ1) is 13.3. The number of nitrogens with one attached hydrogen (secondary N) is 2. The predicted molar refractivity (Wildman–Crippen MR) is 102 cm³/mol. The lowest BCUT2D eigenvalue weighted by molar-refractivity contribution is 0.0932. The molecule has 0 saturated heterocycles. The van der Waals surface area contributed by atoms with Crippen LogP contribution in [0.2, 0.25) is 0 Å². The number of carbonyl (C=O) groups is 1. The van der Waals surface area contributed by atoms with E-state index in [1.165, 1.54) is 6.20 Å². The van der Waals surface area contributed by atoms with Crippen LogP contribution < -0.4 is 15.4 Å². The third-order valence-corrected chi connectivity index (χ3v) is 3.58. The summed E-state index contributed by atoms with van der Waals surface area (Å²) in [6.07, 6.45) is 1.53. The van der Waals surface area contributed by atoms with Gasteiger partial charge in [-0.3, -0.25) is 4.79 Å². The van der Waals surface area contributed by atoms with E-state index in [0.29, 0.717) is 30.5 Å². The van der Waals surface area contributed by atoms with Gasteiger partial charge in [0.15, 0.2) is 5.75 Å². The van der Waals surface area contributed by atoms with E-state index in [1.54, 1.807) is 13.2 Å². The van der Waals surface area contributed by atoms with E-state index in [1.807, 2.05) is 54.6 Å². The van der Waals surface area contributed by atoms with E-state index in [0.717, 1.165) is 5.75 Å². The van der Waals surface area contributed by atoms with E-state index in [9.17, 15) is 4.79 Å². The summed E-state index contributed by atoms with van der Waals surface area (Å²) in [5.41, 5.74) is 0.961.